The van der Waals surface area contributed by atoms with Crippen molar-refractivity contribution < 1.29 is 19.1 Å². The van der Waals surface area contributed by atoms with Gasteiger partial charge in [0.25, 0.3) is 5.91 Å². The monoisotopic (exact) mass is 437 g/mol. The lowest BCUT2D eigenvalue weighted by Crippen LogP contribution is -2.21. The second kappa shape index (κ2) is 10.3. The van der Waals surface area contributed by atoms with E-state index in [1.54, 1.807) is 0 Å². The second-order valence-electron chi connectivity index (χ2n) is 7.46. The molecule has 0 unspecified atom stereocenters. The Morgan fingerprint density at radius 2 is 1.84 bits per heavy atom. The molecule has 162 valence electrons. The molecular weight excluding hydrogens is 410 g/mol. The van der Waals surface area contributed by atoms with Crippen LogP contribution in [0, 0.1) is 0 Å². The van der Waals surface area contributed by atoms with E-state index < -0.39 is 5.97 Å². The number of anilines is 1. The van der Waals surface area contributed by atoms with E-state index in [1.165, 1.54) is 24.0 Å². The van der Waals surface area contributed by atoms with Crippen LogP contribution in [0.4, 0.5) is 5.00 Å². The Morgan fingerprint density at radius 1 is 1.10 bits per heavy atom. The van der Waals surface area contributed by atoms with Gasteiger partial charge in [-0.3, -0.25) is 4.79 Å². The number of carbonyl (C=O) groups is 2. The maximum Gasteiger partial charge on any atom is 0.341 e. The summed E-state index contributed by atoms with van der Waals surface area (Å²) in [6.45, 7) is 6.14. The third kappa shape index (κ3) is 5.52. The standard InChI is InChI=1S/C25H27NO4S/c1-5-17-9-11-18(12-10-17)21-15-31-24(23(21)25(28)29-4)26-22(27)14-30-20-8-6-7-19(13-20)16(2)3/h6-13,15-16H,5,14H2,1-4H3,(H,26,27). The summed E-state index contributed by atoms with van der Waals surface area (Å²) in [6.07, 6.45) is 0.940. The zero-order chi connectivity index (χ0) is 22.4. The molecule has 1 aromatic heterocycles. The SMILES string of the molecule is CCc1ccc(-c2csc(NC(=O)COc3cccc(C(C)C)c3)c2C(=O)OC)cc1. The van der Waals surface area contributed by atoms with Crippen molar-refractivity contribution in [1.29, 1.82) is 0 Å². The Kier molecular flexibility index (Phi) is 7.47. The van der Waals surface area contributed by atoms with E-state index in [2.05, 4.69) is 26.1 Å². The number of thiophene rings is 1. The van der Waals surface area contributed by atoms with Crippen molar-refractivity contribution in [3.05, 3.63) is 70.6 Å². The van der Waals surface area contributed by atoms with Gasteiger partial charge < -0.3 is 14.8 Å². The van der Waals surface area contributed by atoms with Gasteiger partial charge in [-0.1, -0.05) is 57.2 Å². The van der Waals surface area contributed by atoms with Crippen LogP contribution in [0.5, 0.6) is 5.75 Å². The Balaban J connectivity index is 1.76. The highest BCUT2D eigenvalue weighted by molar-refractivity contribution is 7.15. The summed E-state index contributed by atoms with van der Waals surface area (Å²) >= 11 is 1.29. The van der Waals surface area contributed by atoms with Crippen molar-refractivity contribution in [3.63, 3.8) is 0 Å². The Morgan fingerprint density at radius 3 is 2.48 bits per heavy atom. The van der Waals surface area contributed by atoms with Gasteiger partial charge in [-0.15, -0.1) is 11.3 Å². The molecule has 0 atom stereocenters. The van der Waals surface area contributed by atoms with Gasteiger partial charge in [0.15, 0.2) is 6.61 Å². The van der Waals surface area contributed by atoms with Gasteiger partial charge in [0, 0.05) is 10.9 Å². The minimum Gasteiger partial charge on any atom is -0.484 e. The number of hydrogen-bond acceptors (Lipinski definition) is 5. The summed E-state index contributed by atoms with van der Waals surface area (Å²) in [5, 5.41) is 5.11. The molecule has 0 saturated carbocycles. The molecule has 0 aliphatic carbocycles. The summed E-state index contributed by atoms with van der Waals surface area (Å²) in [4.78, 5) is 25.0. The summed E-state index contributed by atoms with van der Waals surface area (Å²) in [7, 11) is 1.33. The van der Waals surface area contributed by atoms with E-state index in [0.29, 0.717) is 22.2 Å². The van der Waals surface area contributed by atoms with Crippen LogP contribution in [0.1, 0.15) is 48.2 Å². The van der Waals surface area contributed by atoms with Crippen molar-refractivity contribution in [2.24, 2.45) is 0 Å². The average molecular weight is 438 g/mol. The zero-order valence-electron chi connectivity index (χ0n) is 18.2. The van der Waals surface area contributed by atoms with Crippen LogP contribution < -0.4 is 10.1 Å². The molecular formula is C25H27NO4S. The zero-order valence-corrected chi connectivity index (χ0v) is 19.0. The molecule has 1 N–H and O–H groups in total. The highest BCUT2D eigenvalue weighted by Gasteiger charge is 2.22. The lowest BCUT2D eigenvalue weighted by molar-refractivity contribution is -0.118. The number of esters is 1. The summed E-state index contributed by atoms with van der Waals surface area (Å²) < 4.78 is 10.6. The van der Waals surface area contributed by atoms with E-state index in [1.807, 2.05) is 53.9 Å². The minimum atomic E-state index is -0.489. The number of carbonyl (C=O) groups excluding carboxylic acids is 2. The molecule has 3 rings (SSSR count). The maximum absolute atomic E-state index is 12.5. The Hall–Kier alpha value is -3.12. The van der Waals surface area contributed by atoms with Crippen LogP contribution in [0.2, 0.25) is 0 Å². The molecule has 0 aliphatic rings. The number of aryl methyl sites for hydroxylation is 1. The molecule has 0 fully saturated rings. The molecule has 5 nitrogen and oxygen atoms in total. The third-order valence-corrected chi connectivity index (χ3v) is 5.90. The van der Waals surface area contributed by atoms with Crippen molar-refractivity contribution >= 4 is 28.2 Å². The molecule has 0 spiro atoms. The fourth-order valence-corrected chi connectivity index (χ4v) is 4.14. The van der Waals surface area contributed by atoms with Gasteiger partial charge in [-0.25, -0.2) is 4.79 Å². The molecule has 1 heterocycles. The normalized spacial score (nSPS) is 10.7. The molecule has 2 aromatic carbocycles. The number of ether oxygens (including phenoxy) is 2. The molecule has 0 radical (unpaired) electrons. The fraction of sp³-hybridized carbons (Fsp3) is 0.280. The second-order valence-corrected chi connectivity index (χ2v) is 8.34. The number of hydrogen-bond donors (Lipinski definition) is 1. The van der Waals surface area contributed by atoms with E-state index >= 15 is 0 Å². The first-order valence-electron chi connectivity index (χ1n) is 10.2. The average Bonchev–Trinajstić information content (AvgIpc) is 3.20. The van der Waals surface area contributed by atoms with E-state index in [4.69, 9.17) is 9.47 Å². The van der Waals surface area contributed by atoms with Gasteiger partial charge in [-0.05, 0) is 41.2 Å². The van der Waals surface area contributed by atoms with Crippen LogP contribution in [0.25, 0.3) is 11.1 Å². The van der Waals surface area contributed by atoms with Gasteiger partial charge >= 0.3 is 5.97 Å². The highest BCUT2D eigenvalue weighted by Crippen LogP contribution is 2.36. The first-order chi connectivity index (χ1) is 14.9. The van der Waals surface area contributed by atoms with Crippen molar-refractivity contribution in [1.82, 2.24) is 0 Å². The van der Waals surface area contributed by atoms with Gasteiger partial charge in [-0.2, -0.15) is 0 Å². The quantitative estimate of drug-likeness (QED) is 0.445. The lowest BCUT2D eigenvalue weighted by Gasteiger charge is -2.11. The number of rotatable bonds is 8. The lowest BCUT2D eigenvalue weighted by atomic mass is 10.0. The highest BCUT2D eigenvalue weighted by atomic mass is 32.1. The first-order valence-corrected chi connectivity index (χ1v) is 11.1. The topological polar surface area (TPSA) is 64.6 Å². The predicted molar refractivity (Wildman–Crippen MR) is 125 cm³/mol. The van der Waals surface area contributed by atoms with E-state index in [0.717, 1.165) is 23.1 Å². The Labute approximate surface area is 187 Å². The fourth-order valence-electron chi connectivity index (χ4n) is 3.16. The first kappa shape index (κ1) is 22.6. The van der Waals surface area contributed by atoms with E-state index in [-0.39, 0.29) is 12.5 Å². The molecule has 0 saturated heterocycles. The number of nitrogens with one attached hydrogen (secondary N) is 1. The van der Waals surface area contributed by atoms with Crippen LogP contribution in [0.3, 0.4) is 0 Å². The predicted octanol–water partition coefficient (Wildman–Crippen LogP) is 5.91. The van der Waals surface area contributed by atoms with Crippen LogP contribution in [0.15, 0.2) is 53.9 Å². The van der Waals surface area contributed by atoms with Crippen molar-refractivity contribution in [2.75, 3.05) is 19.0 Å². The minimum absolute atomic E-state index is 0.152. The summed E-state index contributed by atoms with van der Waals surface area (Å²) in [5.74, 6) is 0.180. The van der Waals surface area contributed by atoms with Crippen LogP contribution in [-0.4, -0.2) is 25.6 Å². The molecule has 6 heteroatoms. The van der Waals surface area contributed by atoms with Gasteiger partial charge in [0.2, 0.25) is 0 Å². The molecule has 0 aliphatic heterocycles. The molecule has 31 heavy (non-hydrogen) atoms. The van der Waals surface area contributed by atoms with E-state index in [9.17, 15) is 9.59 Å². The van der Waals surface area contributed by atoms with Crippen LogP contribution in [-0.2, 0) is 16.0 Å². The molecule has 0 bridgehead atoms. The van der Waals surface area contributed by atoms with Crippen LogP contribution >= 0.6 is 11.3 Å². The van der Waals surface area contributed by atoms with Crippen molar-refractivity contribution in [3.8, 4) is 16.9 Å². The summed E-state index contributed by atoms with van der Waals surface area (Å²) in [6, 6.07) is 15.7. The summed E-state index contributed by atoms with van der Waals surface area (Å²) in [5.41, 5.74) is 4.34. The Bertz CT molecular complexity index is 1050. The van der Waals surface area contributed by atoms with Crippen molar-refractivity contribution in [2.45, 2.75) is 33.1 Å². The number of methoxy groups -OCH3 is 1. The third-order valence-electron chi connectivity index (χ3n) is 5.00. The molecule has 3 aromatic rings. The van der Waals surface area contributed by atoms with Gasteiger partial charge in [0.05, 0.1) is 7.11 Å². The number of benzene rings is 2. The molecule has 1 amide bonds. The smallest absolute Gasteiger partial charge is 0.341 e. The van der Waals surface area contributed by atoms with Gasteiger partial charge in [0.1, 0.15) is 16.3 Å². The number of amides is 1. The maximum atomic E-state index is 12.5. The largest absolute Gasteiger partial charge is 0.484 e.